The molecule has 1 aromatic carbocycles. The van der Waals surface area contributed by atoms with E-state index in [1.165, 1.54) is 11.3 Å². The minimum atomic E-state index is -0.294. The number of fused-ring (bicyclic) bond motifs is 1. The van der Waals surface area contributed by atoms with Gasteiger partial charge in [-0.3, -0.25) is 4.79 Å². The summed E-state index contributed by atoms with van der Waals surface area (Å²) in [5, 5.41) is 8.54. The molecule has 4 rings (SSSR count). The molecule has 0 atom stereocenters. The topological polar surface area (TPSA) is 83.8 Å². The van der Waals surface area contributed by atoms with E-state index in [4.69, 9.17) is 4.52 Å². The van der Waals surface area contributed by atoms with Crippen LogP contribution in [0.1, 0.15) is 16.3 Å². The van der Waals surface area contributed by atoms with Crippen molar-refractivity contribution < 1.29 is 9.32 Å². The smallest absolute Gasteiger partial charge is 0.273 e. The van der Waals surface area contributed by atoms with E-state index in [1.54, 1.807) is 6.07 Å². The maximum atomic E-state index is 12.1. The van der Waals surface area contributed by atoms with Crippen LogP contribution in [0.5, 0.6) is 0 Å². The van der Waals surface area contributed by atoms with E-state index in [2.05, 4.69) is 20.4 Å². The van der Waals surface area contributed by atoms with Gasteiger partial charge >= 0.3 is 0 Å². The van der Waals surface area contributed by atoms with Gasteiger partial charge in [0.1, 0.15) is 5.82 Å². The third-order valence-electron chi connectivity index (χ3n) is 3.36. The number of hydrogen-bond acceptors (Lipinski definition) is 5. The number of nitrogens with one attached hydrogen (secondary N) is 2. The van der Waals surface area contributed by atoms with E-state index in [1.807, 2.05) is 41.8 Å². The highest BCUT2D eigenvalue weighted by atomic mass is 32.1. The molecule has 0 saturated heterocycles. The lowest BCUT2D eigenvalue weighted by Gasteiger charge is -1.98. The minimum Gasteiger partial charge on any atom is -0.355 e. The summed E-state index contributed by atoms with van der Waals surface area (Å²) in [5.74, 6) is 0.993. The lowest BCUT2D eigenvalue weighted by molar-refractivity contribution is 0.0941. The molecule has 0 aliphatic rings. The summed E-state index contributed by atoms with van der Waals surface area (Å²) in [6.07, 6.45) is 0. The zero-order chi connectivity index (χ0) is 15.6. The van der Waals surface area contributed by atoms with Gasteiger partial charge in [0, 0.05) is 6.07 Å². The summed E-state index contributed by atoms with van der Waals surface area (Å²) in [6.45, 7) is 0.300. The Morgan fingerprint density at radius 3 is 3.00 bits per heavy atom. The first-order valence-corrected chi connectivity index (χ1v) is 7.90. The monoisotopic (exact) mass is 324 g/mol. The summed E-state index contributed by atoms with van der Waals surface area (Å²) in [5.41, 5.74) is 2.07. The van der Waals surface area contributed by atoms with Gasteiger partial charge in [0.2, 0.25) is 0 Å². The Labute approximate surface area is 135 Å². The molecule has 0 spiro atoms. The molecule has 3 heterocycles. The second-order valence-corrected chi connectivity index (χ2v) is 5.88. The van der Waals surface area contributed by atoms with Crippen LogP contribution < -0.4 is 5.32 Å². The van der Waals surface area contributed by atoms with Crippen LogP contribution in [-0.2, 0) is 6.54 Å². The molecule has 0 fully saturated rings. The summed E-state index contributed by atoms with van der Waals surface area (Å²) in [7, 11) is 0. The Hall–Kier alpha value is -2.93. The fourth-order valence-corrected chi connectivity index (χ4v) is 2.93. The van der Waals surface area contributed by atoms with Gasteiger partial charge in [-0.05, 0) is 23.6 Å². The molecule has 3 aromatic heterocycles. The predicted molar refractivity (Wildman–Crippen MR) is 87.1 cm³/mol. The number of carbonyl (C=O) groups excluding carboxylic acids is 1. The van der Waals surface area contributed by atoms with Crippen LogP contribution >= 0.6 is 11.3 Å². The summed E-state index contributed by atoms with van der Waals surface area (Å²) in [6, 6.07) is 13.2. The highest BCUT2D eigenvalue weighted by molar-refractivity contribution is 7.13. The van der Waals surface area contributed by atoms with Crippen molar-refractivity contribution in [2.24, 2.45) is 0 Å². The zero-order valence-corrected chi connectivity index (χ0v) is 12.8. The molecule has 1 amide bonds. The first-order chi connectivity index (χ1) is 11.3. The van der Waals surface area contributed by atoms with Crippen molar-refractivity contribution in [3.8, 4) is 10.6 Å². The summed E-state index contributed by atoms with van der Waals surface area (Å²) in [4.78, 5) is 20.7. The Morgan fingerprint density at radius 1 is 1.26 bits per heavy atom. The second-order valence-electron chi connectivity index (χ2n) is 4.94. The number of carbonyl (C=O) groups is 1. The van der Waals surface area contributed by atoms with E-state index in [9.17, 15) is 4.79 Å². The maximum Gasteiger partial charge on any atom is 0.273 e. The Kier molecular flexibility index (Phi) is 3.39. The van der Waals surface area contributed by atoms with Crippen molar-refractivity contribution in [2.45, 2.75) is 6.54 Å². The van der Waals surface area contributed by atoms with Crippen LogP contribution in [0.2, 0.25) is 0 Å². The van der Waals surface area contributed by atoms with Crippen molar-refractivity contribution in [3.05, 3.63) is 59.4 Å². The molecule has 4 aromatic rings. The zero-order valence-electron chi connectivity index (χ0n) is 11.9. The number of nitrogens with zero attached hydrogens (tertiary/aromatic N) is 2. The number of aromatic nitrogens is 3. The number of rotatable bonds is 4. The van der Waals surface area contributed by atoms with Gasteiger partial charge in [0.15, 0.2) is 11.5 Å². The van der Waals surface area contributed by atoms with Gasteiger partial charge in [-0.25, -0.2) is 4.98 Å². The normalized spacial score (nSPS) is 11.0. The van der Waals surface area contributed by atoms with Crippen LogP contribution in [0.15, 0.2) is 52.4 Å². The lowest BCUT2D eigenvalue weighted by Crippen LogP contribution is -2.23. The fourth-order valence-electron chi connectivity index (χ4n) is 2.26. The highest BCUT2D eigenvalue weighted by Gasteiger charge is 2.14. The van der Waals surface area contributed by atoms with Crippen LogP contribution in [0.25, 0.3) is 21.7 Å². The molecular formula is C16H12N4O2S. The molecule has 6 nitrogen and oxygen atoms in total. The Balaban J connectivity index is 1.45. The van der Waals surface area contributed by atoms with Crippen LogP contribution in [0.3, 0.4) is 0 Å². The van der Waals surface area contributed by atoms with Crippen molar-refractivity contribution in [3.63, 3.8) is 0 Å². The highest BCUT2D eigenvalue weighted by Crippen LogP contribution is 2.25. The number of thiophene rings is 1. The molecule has 0 aliphatic carbocycles. The first-order valence-electron chi connectivity index (χ1n) is 7.02. The second kappa shape index (κ2) is 5.69. The van der Waals surface area contributed by atoms with Crippen molar-refractivity contribution >= 4 is 28.3 Å². The number of para-hydroxylation sites is 2. The van der Waals surface area contributed by atoms with E-state index in [0.717, 1.165) is 15.9 Å². The third-order valence-corrected chi connectivity index (χ3v) is 4.25. The SMILES string of the molecule is O=C(NCc1nc2ccccc2[nH]1)c1cc(-c2cccs2)on1. The molecule has 0 bridgehead atoms. The van der Waals surface area contributed by atoms with Gasteiger partial charge in [0.05, 0.1) is 22.5 Å². The molecule has 114 valence electrons. The van der Waals surface area contributed by atoms with Gasteiger partial charge in [-0.1, -0.05) is 23.4 Å². The first kappa shape index (κ1) is 13.7. The van der Waals surface area contributed by atoms with Crippen LogP contribution in [0.4, 0.5) is 0 Å². The average Bonchev–Trinajstić information content (AvgIpc) is 3.31. The van der Waals surface area contributed by atoms with Crippen molar-refractivity contribution in [2.75, 3.05) is 0 Å². The Morgan fingerprint density at radius 2 is 2.17 bits per heavy atom. The Bertz CT molecular complexity index is 922. The molecule has 0 saturated carbocycles. The van der Waals surface area contributed by atoms with E-state index in [-0.39, 0.29) is 11.6 Å². The molecule has 7 heteroatoms. The average molecular weight is 324 g/mol. The fraction of sp³-hybridized carbons (Fsp3) is 0.0625. The molecular weight excluding hydrogens is 312 g/mol. The summed E-state index contributed by atoms with van der Waals surface area (Å²) < 4.78 is 5.21. The van der Waals surface area contributed by atoms with Gasteiger partial charge in [-0.2, -0.15) is 0 Å². The van der Waals surface area contributed by atoms with Gasteiger partial charge in [-0.15, -0.1) is 11.3 Å². The van der Waals surface area contributed by atoms with E-state index < -0.39 is 0 Å². The van der Waals surface area contributed by atoms with Gasteiger partial charge in [0.25, 0.3) is 5.91 Å². The number of hydrogen-bond donors (Lipinski definition) is 2. The lowest BCUT2D eigenvalue weighted by atomic mass is 10.3. The number of imidazole rings is 1. The number of H-pyrrole nitrogens is 1. The molecule has 23 heavy (non-hydrogen) atoms. The van der Waals surface area contributed by atoms with Crippen LogP contribution in [-0.4, -0.2) is 21.0 Å². The number of aromatic amines is 1. The largest absolute Gasteiger partial charge is 0.355 e. The molecule has 0 radical (unpaired) electrons. The van der Waals surface area contributed by atoms with Crippen LogP contribution in [0, 0.1) is 0 Å². The predicted octanol–water partition coefficient (Wildman–Crippen LogP) is 3.21. The quantitative estimate of drug-likeness (QED) is 0.604. The molecule has 2 N–H and O–H groups in total. The van der Waals surface area contributed by atoms with E-state index >= 15 is 0 Å². The molecule has 0 aliphatic heterocycles. The minimum absolute atomic E-state index is 0.254. The third kappa shape index (κ3) is 2.74. The van der Waals surface area contributed by atoms with Gasteiger partial charge < -0.3 is 14.8 Å². The summed E-state index contributed by atoms with van der Waals surface area (Å²) >= 11 is 1.53. The maximum absolute atomic E-state index is 12.1. The van der Waals surface area contributed by atoms with Crippen molar-refractivity contribution in [1.29, 1.82) is 0 Å². The van der Waals surface area contributed by atoms with E-state index in [0.29, 0.717) is 18.1 Å². The number of amides is 1. The molecule has 0 unspecified atom stereocenters. The van der Waals surface area contributed by atoms with Crippen molar-refractivity contribution in [1.82, 2.24) is 20.4 Å². The number of benzene rings is 1. The standard InChI is InChI=1S/C16H12N4O2S/c21-16(12-8-13(22-20-12)14-6-3-7-23-14)17-9-15-18-10-4-1-2-5-11(10)19-15/h1-8H,9H2,(H,17,21)(H,18,19).